The summed E-state index contributed by atoms with van der Waals surface area (Å²) in [5.41, 5.74) is 2.23. The topological polar surface area (TPSA) is 132 Å². The van der Waals surface area contributed by atoms with Gasteiger partial charge in [-0.15, -0.1) is 11.3 Å². The van der Waals surface area contributed by atoms with Crippen LogP contribution in [0.3, 0.4) is 0 Å². The number of rotatable bonds is 11. The number of aryl methyl sites for hydroxylation is 1. The lowest BCUT2D eigenvalue weighted by Crippen LogP contribution is -2.41. The lowest BCUT2D eigenvalue weighted by atomic mass is 9.94. The van der Waals surface area contributed by atoms with Gasteiger partial charge in [-0.1, -0.05) is 72.4 Å². The highest BCUT2D eigenvalue weighted by Crippen LogP contribution is 2.22. The SMILES string of the molecule is CC(C)(NC(=O)Cc1csc(NC(=O)CSc2nc3nccnc3c(=O)n2CCc2ccccc2)n1)c1ccccc1. The van der Waals surface area contributed by atoms with Gasteiger partial charge in [0.15, 0.2) is 21.5 Å². The molecular weight excluding hydrogens is 571 g/mol. The number of hydrogen-bond donors (Lipinski definition) is 2. The fourth-order valence-electron chi connectivity index (χ4n) is 4.34. The van der Waals surface area contributed by atoms with Crippen LogP contribution < -0.4 is 16.2 Å². The van der Waals surface area contributed by atoms with Crippen LogP contribution in [0.25, 0.3) is 11.2 Å². The molecule has 12 heteroatoms. The molecule has 0 fully saturated rings. The number of fused-ring (bicyclic) bond motifs is 1. The first-order valence-electron chi connectivity index (χ1n) is 13.3. The molecule has 10 nitrogen and oxygen atoms in total. The average Bonchev–Trinajstić information content (AvgIpc) is 3.42. The minimum atomic E-state index is -0.535. The Bertz CT molecular complexity index is 1760. The van der Waals surface area contributed by atoms with E-state index in [4.69, 9.17) is 0 Å². The number of carbonyl (C=O) groups is 2. The largest absolute Gasteiger partial charge is 0.347 e. The number of benzene rings is 2. The van der Waals surface area contributed by atoms with E-state index in [1.54, 1.807) is 9.95 Å². The summed E-state index contributed by atoms with van der Waals surface area (Å²) < 4.78 is 1.54. The summed E-state index contributed by atoms with van der Waals surface area (Å²) in [5, 5.41) is 8.36. The van der Waals surface area contributed by atoms with E-state index in [0.717, 1.165) is 22.9 Å². The zero-order valence-electron chi connectivity index (χ0n) is 23.1. The van der Waals surface area contributed by atoms with Crippen molar-refractivity contribution in [3.05, 3.63) is 106 Å². The Morgan fingerprint density at radius 3 is 2.43 bits per heavy atom. The van der Waals surface area contributed by atoms with Gasteiger partial charge in [0.1, 0.15) is 0 Å². The second-order valence-electron chi connectivity index (χ2n) is 10.0. The summed E-state index contributed by atoms with van der Waals surface area (Å²) in [5.74, 6) is -0.468. The van der Waals surface area contributed by atoms with Gasteiger partial charge in [-0.2, -0.15) is 0 Å². The number of aromatic nitrogens is 5. The zero-order valence-corrected chi connectivity index (χ0v) is 24.7. The summed E-state index contributed by atoms with van der Waals surface area (Å²) in [7, 11) is 0. The number of amides is 2. The highest BCUT2D eigenvalue weighted by molar-refractivity contribution is 7.99. The minimum absolute atomic E-state index is 0.00418. The molecule has 0 spiro atoms. The van der Waals surface area contributed by atoms with Crippen molar-refractivity contribution in [2.45, 2.75) is 43.9 Å². The van der Waals surface area contributed by atoms with Gasteiger partial charge in [0.2, 0.25) is 11.8 Å². The summed E-state index contributed by atoms with van der Waals surface area (Å²) in [6, 6.07) is 19.6. The molecule has 2 N–H and O–H groups in total. The van der Waals surface area contributed by atoms with Gasteiger partial charge < -0.3 is 10.6 Å². The molecule has 42 heavy (non-hydrogen) atoms. The van der Waals surface area contributed by atoms with Crippen LogP contribution in [-0.4, -0.2) is 42.1 Å². The number of anilines is 1. The van der Waals surface area contributed by atoms with Crippen LogP contribution in [0.4, 0.5) is 5.13 Å². The van der Waals surface area contributed by atoms with Crippen LogP contribution in [0.1, 0.15) is 30.7 Å². The molecule has 214 valence electrons. The molecule has 0 aliphatic rings. The fraction of sp³-hybridized carbons (Fsp3) is 0.233. The summed E-state index contributed by atoms with van der Waals surface area (Å²) >= 11 is 2.39. The fourth-order valence-corrected chi connectivity index (χ4v) is 5.88. The summed E-state index contributed by atoms with van der Waals surface area (Å²) in [6.45, 7) is 4.27. The normalized spacial score (nSPS) is 11.4. The zero-order chi connectivity index (χ0) is 29.5. The smallest absolute Gasteiger partial charge is 0.282 e. The third kappa shape index (κ3) is 7.25. The Kier molecular flexibility index (Phi) is 9.03. The van der Waals surface area contributed by atoms with Gasteiger partial charge in [-0.3, -0.25) is 19.0 Å². The predicted molar refractivity (Wildman–Crippen MR) is 165 cm³/mol. The Hall–Kier alpha value is -4.42. The summed E-state index contributed by atoms with van der Waals surface area (Å²) in [6.07, 6.45) is 3.65. The number of nitrogens with one attached hydrogen (secondary N) is 2. The molecule has 0 atom stereocenters. The van der Waals surface area contributed by atoms with Gasteiger partial charge in [-0.25, -0.2) is 19.9 Å². The molecule has 5 aromatic rings. The maximum atomic E-state index is 13.2. The standard InChI is InChI=1S/C30H29N7O3S2/c1-30(2,21-11-7-4-8-12-21)36-23(38)17-22-18-41-28(33-22)34-24(39)19-42-29-35-26-25(31-14-15-32-26)27(40)37(29)16-13-20-9-5-3-6-10-20/h3-12,14-15,18H,13,16-17,19H2,1-2H3,(H,36,38)(H,33,34,39). The van der Waals surface area contributed by atoms with Crippen molar-refractivity contribution in [1.82, 2.24) is 29.8 Å². The Labute approximate surface area is 250 Å². The van der Waals surface area contributed by atoms with Crippen LogP contribution in [0.15, 0.2) is 88.4 Å². The van der Waals surface area contributed by atoms with Crippen LogP contribution in [-0.2, 0) is 34.5 Å². The van der Waals surface area contributed by atoms with Crippen LogP contribution in [0.2, 0.25) is 0 Å². The van der Waals surface area contributed by atoms with Crippen molar-refractivity contribution >= 4 is 51.2 Å². The van der Waals surface area contributed by atoms with Crippen LogP contribution in [0, 0.1) is 0 Å². The van der Waals surface area contributed by atoms with E-state index in [9.17, 15) is 14.4 Å². The first kappa shape index (κ1) is 29.1. The van der Waals surface area contributed by atoms with E-state index in [2.05, 4.69) is 30.6 Å². The number of nitrogens with zero attached hydrogens (tertiary/aromatic N) is 5. The average molecular weight is 600 g/mol. The Morgan fingerprint density at radius 2 is 1.67 bits per heavy atom. The Morgan fingerprint density at radius 1 is 0.952 bits per heavy atom. The van der Waals surface area contributed by atoms with Crippen LogP contribution >= 0.6 is 23.1 Å². The van der Waals surface area contributed by atoms with Crippen molar-refractivity contribution < 1.29 is 9.59 Å². The molecule has 2 aromatic carbocycles. The van der Waals surface area contributed by atoms with E-state index < -0.39 is 5.54 Å². The second kappa shape index (κ2) is 13.0. The van der Waals surface area contributed by atoms with E-state index in [1.165, 1.54) is 23.7 Å². The molecule has 2 amide bonds. The van der Waals surface area contributed by atoms with Crippen molar-refractivity contribution in [2.24, 2.45) is 0 Å². The molecule has 0 saturated heterocycles. The quantitative estimate of drug-likeness (QED) is 0.171. The molecule has 0 saturated carbocycles. The first-order chi connectivity index (χ1) is 20.3. The molecule has 3 heterocycles. The van der Waals surface area contributed by atoms with E-state index >= 15 is 0 Å². The van der Waals surface area contributed by atoms with Gasteiger partial charge in [0.05, 0.1) is 23.4 Å². The highest BCUT2D eigenvalue weighted by Gasteiger charge is 2.23. The lowest BCUT2D eigenvalue weighted by Gasteiger charge is -2.26. The molecule has 0 bridgehead atoms. The number of carbonyl (C=O) groups excluding carboxylic acids is 2. The highest BCUT2D eigenvalue weighted by atomic mass is 32.2. The molecule has 0 aliphatic heterocycles. The lowest BCUT2D eigenvalue weighted by molar-refractivity contribution is -0.122. The monoisotopic (exact) mass is 599 g/mol. The predicted octanol–water partition coefficient (Wildman–Crippen LogP) is 4.21. The maximum Gasteiger partial charge on any atom is 0.282 e. The third-order valence-electron chi connectivity index (χ3n) is 6.45. The minimum Gasteiger partial charge on any atom is -0.347 e. The van der Waals surface area contributed by atoms with Crippen LogP contribution in [0.5, 0.6) is 0 Å². The first-order valence-corrected chi connectivity index (χ1v) is 15.1. The molecule has 0 radical (unpaired) electrons. The number of hydrogen-bond acceptors (Lipinski definition) is 9. The molecular formula is C30H29N7O3S2. The second-order valence-corrected chi connectivity index (χ2v) is 11.8. The third-order valence-corrected chi connectivity index (χ3v) is 8.23. The van der Waals surface area contributed by atoms with Gasteiger partial charge in [0.25, 0.3) is 5.56 Å². The maximum absolute atomic E-state index is 13.2. The molecule has 5 rings (SSSR count). The van der Waals surface area contributed by atoms with Crippen molar-refractivity contribution in [1.29, 1.82) is 0 Å². The van der Waals surface area contributed by atoms with Crippen molar-refractivity contribution in [3.63, 3.8) is 0 Å². The van der Waals surface area contributed by atoms with E-state index in [-0.39, 0.29) is 40.7 Å². The van der Waals surface area contributed by atoms with Crippen molar-refractivity contribution in [2.75, 3.05) is 11.1 Å². The molecule has 0 aliphatic carbocycles. The van der Waals surface area contributed by atoms with E-state index in [1.807, 2.05) is 74.5 Å². The van der Waals surface area contributed by atoms with Crippen molar-refractivity contribution in [3.8, 4) is 0 Å². The van der Waals surface area contributed by atoms with E-state index in [0.29, 0.717) is 28.9 Å². The van der Waals surface area contributed by atoms with Gasteiger partial charge >= 0.3 is 0 Å². The molecule has 3 aromatic heterocycles. The van der Waals surface area contributed by atoms with Gasteiger partial charge in [-0.05, 0) is 31.4 Å². The number of thioether (sulfide) groups is 1. The van der Waals surface area contributed by atoms with Gasteiger partial charge in [0, 0.05) is 24.3 Å². The number of thiazole rings is 1. The Balaban J connectivity index is 1.21. The summed E-state index contributed by atoms with van der Waals surface area (Å²) in [4.78, 5) is 56.0. The molecule has 0 unspecified atom stereocenters.